The highest BCUT2D eigenvalue weighted by atomic mass is 16.6. The molecule has 0 aliphatic heterocycles. The summed E-state index contributed by atoms with van der Waals surface area (Å²) in [6, 6.07) is 0. The Bertz CT molecular complexity index is 783. The van der Waals surface area contributed by atoms with E-state index in [1.807, 2.05) is 0 Å². The normalized spacial score (nSPS) is 11.8. The van der Waals surface area contributed by atoms with Crippen molar-refractivity contribution >= 4 is 17.9 Å². The van der Waals surface area contributed by atoms with Gasteiger partial charge in [-0.15, -0.1) is 0 Å². The monoisotopic (exact) mass is 751 g/mol. The summed E-state index contributed by atoms with van der Waals surface area (Å²) in [6.45, 7) is 6.63. The largest absolute Gasteiger partial charge is 0.462 e. The molecule has 0 heterocycles. The smallest absolute Gasteiger partial charge is 0.306 e. The molecule has 0 aromatic carbocycles. The molecule has 0 bridgehead atoms. The molecule has 0 saturated carbocycles. The Kier molecular flexibility index (Phi) is 41.8. The molecule has 314 valence electrons. The predicted octanol–water partition coefficient (Wildman–Crippen LogP) is 14.9. The van der Waals surface area contributed by atoms with Crippen LogP contribution in [-0.2, 0) is 28.6 Å². The van der Waals surface area contributed by atoms with Crippen LogP contribution in [0.25, 0.3) is 0 Å². The van der Waals surface area contributed by atoms with Gasteiger partial charge in [0.05, 0.1) is 0 Å². The van der Waals surface area contributed by atoms with Crippen molar-refractivity contribution in [3.8, 4) is 0 Å². The lowest BCUT2D eigenvalue weighted by Crippen LogP contribution is -2.30. The van der Waals surface area contributed by atoms with Gasteiger partial charge in [0.15, 0.2) is 6.10 Å². The minimum Gasteiger partial charge on any atom is -0.462 e. The number of rotatable bonds is 43. The number of carbonyl (C=O) groups excluding carboxylic acids is 3. The van der Waals surface area contributed by atoms with E-state index in [-0.39, 0.29) is 31.1 Å². The number of hydrogen-bond acceptors (Lipinski definition) is 6. The fraction of sp³-hybridized carbons (Fsp3) is 0.936. The van der Waals surface area contributed by atoms with Crippen molar-refractivity contribution in [3.63, 3.8) is 0 Å². The Hall–Kier alpha value is -1.59. The van der Waals surface area contributed by atoms with Crippen LogP contribution in [0.5, 0.6) is 0 Å². The van der Waals surface area contributed by atoms with Crippen LogP contribution in [0, 0.1) is 0 Å². The van der Waals surface area contributed by atoms with E-state index >= 15 is 0 Å². The summed E-state index contributed by atoms with van der Waals surface area (Å²) in [5, 5.41) is 0. The van der Waals surface area contributed by atoms with Crippen LogP contribution < -0.4 is 0 Å². The van der Waals surface area contributed by atoms with E-state index in [1.54, 1.807) is 0 Å². The summed E-state index contributed by atoms with van der Waals surface area (Å²) in [5.74, 6) is -0.853. The first kappa shape index (κ1) is 51.4. The van der Waals surface area contributed by atoms with E-state index in [4.69, 9.17) is 14.2 Å². The number of esters is 3. The van der Waals surface area contributed by atoms with E-state index in [2.05, 4.69) is 20.8 Å². The van der Waals surface area contributed by atoms with E-state index < -0.39 is 6.10 Å². The molecule has 0 aliphatic rings. The third-order valence-electron chi connectivity index (χ3n) is 10.6. The van der Waals surface area contributed by atoms with Crippen molar-refractivity contribution in [1.82, 2.24) is 0 Å². The quantitative estimate of drug-likeness (QED) is 0.0351. The molecule has 53 heavy (non-hydrogen) atoms. The van der Waals surface area contributed by atoms with Gasteiger partial charge in [-0.1, -0.05) is 226 Å². The lowest BCUT2D eigenvalue weighted by atomic mass is 10.0. The molecule has 0 amide bonds. The number of hydrogen-bond donors (Lipinski definition) is 0. The zero-order chi connectivity index (χ0) is 38.7. The molecule has 1 atom stereocenters. The molecule has 0 aliphatic carbocycles. The average Bonchev–Trinajstić information content (AvgIpc) is 3.15. The lowest BCUT2D eigenvalue weighted by molar-refractivity contribution is -0.167. The van der Waals surface area contributed by atoms with Crippen LogP contribution in [-0.4, -0.2) is 37.2 Å². The Morgan fingerprint density at radius 2 is 0.509 bits per heavy atom. The molecule has 6 nitrogen and oxygen atoms in total. The van der Waals surface area contributed by atoms with Gasteiger partial charge in [0.25, 0.3) is 0 Å². The van der Waals surface area contributed by atoms with Crippen LogP contribution in [0.3, 0.4) is 0 Å². The molecule has 0 aromatic heterocycles. The predicted molar refractivity (Wildman–Crippen MR) is 224 cm³/mol. The highest BCUT2D eigenvalue weighted by molar-refractivity contribution is 5.71. The Balaban J connectivity index is 4.27. The maximum atomic E-state index is 12.7. The molecule has 0 N–H and O–H groups in total. The lowest BCUT2D eigenvalue weighted by Gasteiger charge is -2.18. The zero-order valence-corrected chi connectivity index (χ0v) is 35.8. The van der Waals surface area contributed by atoms with Crippen LogP contribution in [0.4, 0.5) is 0 Å². The second-order valence-electron chi connectivity index (χ2n) is 16.0. The molecule has 0 spiro atoms. The summed E-state index contributed by atoms with van der Waals surface area (Å²) in [6.07, 6.45) is 43.7. The first-order valence-corrected chi connectivity index (χ1v) is 23.5. The van der Waals surface area contributed by atoms with Gasteiger partial charge in [0, 0.05) is 19.3 Å². The van der Waals surface area contributed by atoms with Crippen molar-refractivity contribution in [2.24, 2.45) is 0 Å². The first-order chi connectivity index (χ1) is 26.0. The van der Waals surface area contributed by atoms with E-state index in [9.17, 15) is 14.4 Å². The van der Waals surface area contributed by atoms with Gasteiger partial charge in [-0.3, -0.25) is 14.4 Å². The summed E-state index contributed by atoms with van der Waals surface area (Å²) >= 11 is 0. The van der Waals surface area contributed by atoms with Crippen LogP contribution >= 0.6 is 0 Å². The SMILES string of the molecule is CCCCCCCCCCCCCCCCCCC(=O)O[C@H](COC(=O)CCCCCCCCCCC)COC(=O)CCCCCCCCCCCC. The molecule has 0 unspecified atom stereocenters. The van der Waals surface area contributed by atoms with Gasteiger partial charge >= 0.3 is 17.9 Å². The highest BCUT2D eigenvalue weighted by Gasteiger charge is 2.19. The van der Waals surface area contributed by atoms with Gasteiger partial charge in [0.1, 0.15) is 13.2 Å². The standard InChI is InChI=1S/C47H90O6/c1-4-7-10-13-16-19-21-22-23-24-25-26-29-32-35-38-41-47(50)53-44(42-51-45(48)39-36-33-30-27-18-15-12-9-6-3)43-52-46(49)40-37-34-31-28-20-17-14-11-8-5-2/h44H,4-43H2,1-3H3/t44-/m1/s1. The summed E-state index contributed by atoms with van der Waals surface area (Å²) in [7, 11) is 0. The van der Waals surface area contributed by atoms with Gasteiger partial charge < -0.3 is 14.2 Å². The average molecular weight is 751 g/mol. The van der Waals surface area contributed by atoms with Crippen LogP contribution in [0.2, 0.25) is 0 Å². The molecule has 6 heteroatoms. The number of carbonyl (C=O) groups is 3. The second-order valence-corrected chi connectivity index (χ2v) is 16.0. The Morgan fingerprint density at radius 1 is 0.302 bits per heavy atom. The Morgan fingerprint density at radius 3 is 0.755 bits per heavy atom. The number of ether oxygens (including phenoxy) is 3. The van der Waals surface area contributed by atoms with E-state index in [1.165, 1.54) is 167 Å². The molecule has 0 aromatic rings. The third-order valence-corrected chi connectivity index (χ3v) is 10.6. The fourth-order valence-electron chi connectivity index (χ4n) is 7.03. The fourth-order valence-corrected chi connectivity index (χ4v) is 7.03. The van der Waals surface area contributed by atoms with Gasteiger partial charge in [-0.05, 0) is 19.3 Å². The minimum absolute atomic E-state index is 0.0629. The third kappa shape index (κ3) is 41.4. The minimum atomic E-state index is -0.757. The summed E-state index contributed by atoms with van der Waals surface area (Å²) in [5.41, 5.74) is 0. The summed E-state index contributed by atoms with van der Waals surface area (Å²) < 4.78 is 16.7. The molecule has 0 radical (unpaired) electrons. The summed E-state index contributed by atoms with van der Waals surface area (Å²) in [4.78, 5) is 37.6. The van der Waals surface area contributed by atoms with Crippen molar-refractivity contribution in [2.45, 2.75) is 271 Å². The van der Waals surface area contributed by atoms with Crippen LogP contribution in [0.1, 0.15) is 265 Å². The van der Waals surface area contributed by atoms with Crippen LogP contribution in [0.15, 0.2) is 0 Å². The highest BCUT2D eigenvalue weighted by Crippen LogP contribution is 2.16. The Labute approximate surface area is 329 Å². The van der Waals surface area contributed by atoms with Crippen molar-refractivity contribution in [1.29, 1.82) is 0 Å². The van der Waals surface area contributed by atoms with Gasteiger partial charge in [0.2, 0.25) is 0 Å². The van der Waals surface area contributed by atoms with Crippen molar-refractivity contribution in [2.75, 3.05) is 13.2 Å². The van der Waals surface area contributed by atoms with Gasteiger partial charge in [-0.25, -0.2) is 0 Å². The van der Waals surface area contributed by atoms with Crippen molar-refractivity contribution in [3.05, 3.63) is 0 Å². The maximum Gasteiger partial charge on any atom is 0.306 e. The second kappa shape index (κ2) is 43.1. The molecule has 0 rings (SSSR count). The first-order valence-electron chi connectivity index (χ1n) is 23.5. The molecule has 0 fully saturated rings. The molecular weight excluding hydrogens is 661 g/mol. The molecule has 0 saturated heterocycles. The maximum absolute atomic E-state index is 12.7. The van der Waals surface area contributed by atoms with E-state index in [0.29, 0.717) is 19.3 Å². The van der Waals surface area contributed by atoms with Gasteiger partial charge in [-0.2, -0.15) is 0 Å². The molecular formula is C47H90O6. The number of unbranched alkanes of at least 4 members (excludes halogenated alkanes) is 32. The van der Waals surface area contributed by atoms with E-state index in [0.717, 1.165) is 57.8 Å². The topological polar surface area (TPSA) is 78.9 Å². The van der Waals surface area contributed by atoms with Crippen molar-refractivity contribution < 1.29 is 28.6 Å². The zero-order valence-electron chi connectivity index (χ0n) is 35.8.